The second-order valence-corrected chi connectivity index (χ2v) is 4.22. The van der Waals surface area contributed by atoms with Crippen molar-refractivity contribution in [3.05, 3.63) is 35.4 Å². The lowest BCUT2D eigenvalue weighted by Crippen LogP contribution is -1.96. The molecule has 0 heterocycles. The van der Waals surface area contributed by atoms with Crippen molar-refractivity contribution in [1.29, 1.82) is 0 Å². The van der Waals surface area contributed by atoms with Crippen LogP contribution in [0.3, 0.4) is 0 Å². The highest BCUT2D eigenvalue weighted by Gasteiger charge is 2.02. The maximum atomic E-state index is 5.06. The van der Waals surface area contributed by atoms with E-state index in [-0.39, 0.29) is 0 Å². The molecule has 0 unspecified atom stereocenters. The predicted octanol–water partition coefficient (Wildman–Crippen LogP) is 3.63. The van der Waals surface area contributed by atoms with E-state index >= 15 is 0 Å². The SMILES string of the molecule is CCCCc1ccccc1C(=S)S. The van der Waals surface area contributed by atoms with Crippen LogP contribution in [0.25, 0.3) is 0 Å². The highest BCUT2D eigenvalue weighted by Crippen LogP contribution is 2.14. The Bertz CT molecular complexity index is 292. The topological polar surface area (TPSA) is 0 Å². The van der Waals surface area contributed by atoms with Crippen LogP contribution >= 0.6 is 24.8 Å². The molecule has 0 aliphatic carbocycles. The molecule has 1 rings (SSSR count). The molecule has 13 heavy (non-hydrogen) atoms. The quantitative estimate of drug-likeness (QED) is 0.585. The van der Waals surface area contributed by atoms with Gasteiger partial charge in [0, 0.05) is 5.56 Å². The van der Waals surface area contributed by atoms with Crippen LogP contribution < -0.4 is 0 Å². The van der Waals surface area contributed by atoms with Gasteiger partial charge in [0.1, 0.15) is 0 Å². The van der Waals surface area contributed by atoms with Gasteiger partial charge in [-0.1, -0.05) is 49.8 Å². The first-order valence-electron chi connectivity index (χ1n) is 4.57. The molecule has 0 aliphatic heterocycles. The number of rotatable bonds is 4. The molecule has 0 amide bonds. The molecule has 0 saturated carbocycles. The van der Waals surface area contributed by atoms with E-state index in [2.05, 4.69) is 31.7 Å². The Labute approximate surface area is 90.8 Å². The summed E-state index contributed by atoms with van der Waals surface area (Å²) in [5.74, 6) is 0. The molecule has 1 aromatic carbocycles. The zero-order valence-electron chi connectivity index (χ0n) is 7.79. The summed E-state index contributed by atoms with van der Waals surface area (Å²) in [7, 11) is 0. The summed E-state index contributed by atoms with van der Waals surface area (Å²) < 4.78 is 0.701. The summed E-state index contributed by atoms with van der Waals surface area (Å²) in [6, 6.07) is 8.24. The van der Waals surface area contributed by atoms with Crippen molar-refractivity contribution < 1.29 is 0 Å². The van der Waals surface area contributed by atoms with E-state index in [1.165, 1.54) is 18.4 Å². The van der Waals surface area contributed by atoms with Gasteiger partial charge in [-0.25, -0.2) is 0 Å². The normalized spacial score (nSPS) is 10.0. The lowest BCUT2D eigenvalue weighted by molar-refractivity contribution is 0.794. The van der Waals surface area contributed by atoms with Gasteiger partial charge in [0.15, 0.2) is 0 Å². The molecule has 0 aromatic heterocycles. The molecular formula is C11H14S2. The van der Waals surface area contributed by atoms with Gasteiger partial charge in [-0.05, 0) is 18.4 Å². The van der Waals surface area contributed by atoms with Crippen molar-refractivity contribution in [3.8, 4) is 0 Å². The lowest BCUT2D eigenvalue weighted by atomic mass is 10.0. The molecule has 70 valence electrons. The summed E-state index contributed by atoms with van der Waals surface area (Å²) in [6.45, 7) is 2.20. The van der Waals surface area contributed by atoms with E-state index in [0.29, 0.717) is 4.20 Å². The Morgan fingerprint density at radius 2 is 2.08 bits per heavy atom. The first-order chi connectivity index (χ1) is 6.25. The summed E-state index contributed by atoms with van der Waals surface area (Å²) >= 11 is 9.28. The number of hydrogen-bond acceptors (Lipinski definition) is 1. The smallest absolute Gasteiger partial charge is 0.0750 e. The molecule has 0 saturated heterocycles. The second kappa shape index (κ2) is 5.40. The van der Waals surface area contributed by atoms with E-state index in [1.807, 2.05) is 12.1 Å². The lowest BCUT2D eigenvalue weighted by Gasteiger charge is -2.06. The third-order valence-corrected chi connectivity index (χ3v) is 2.51. The van der Waals surface area contributed by atoms with Gasteiger partial charge in [-0.3, -0.25) is 0 Å². The van der Waals surface area contributed by atoms with Gasteiger partial charge in [0.2, 0.25) is 0 Å². The number of aryl methyl sites for hydroxylation is 1. The Balaban J connectivity index is 2.84. The summed E-state index contributed by atoms with van der Waals surface area (Å²) in [5, 5.41) is 0. The van der Waals surface area contributed by atoms with Crippen LogP contribution in [0.5, 0.6) is 0 Å². The molecule has 2 heteroatoms. The standard InChI is InChI=1S/C11H14S2/c1-2-3-6-9-7-4-5-8-10(9)11(12)13/h4-5,7-8H,2-3,6H2,1H3,(H,12,13). The minimum atomic E-state index is 0.701. The van der Waals surface area contributed by atoms with Crippen molar-refractivity contribution in [2.24, 2.45) is 0 Å². The highest BCUT2D eigenvalue weighted by molar-refractivity contribution is 8.11. The summed E-state index contributed by atoms with van der Waals surface area (Å²) in [6.07, 6.45) is 3.54. The third-order valence-electron chi connectivity index (χ3n) is 2.05. The molecule has 0 bridgehead atoms. The van der Waals surface area contributed by atoms with Crippen LogP contribution in [-0.4, -0.2) is 4.20 Å². The van der Waals surface area contributed by atoms with E-state index in [4.69, 9.17) is 12.2 Å². The monoisotopic (exact) mass is 210 g/mol. The van der Waals surface area contributed by atoms with Crippen LogP contribution in [0.1, 0.15) is 30.9 Å². The van der Waals surface area contributed by atoms with Gasteiger partial charge >= 0.3 is 0 Å². The van der Waals surface area contributed by atoms with Gasteiger partial charge in [-0.2, -0.15) is 0 Å². The van der Waals surface area contributed by atoms with Crippen molar-refractivity contribution in [2.45, 2.75) is 26.2 Å². The van der Waals surface area contributed by atoms with Gasteiger partial charge in [-0.15, -0.1) is 12.6 Å². The first kappa shape index (κ1) is 10.7. The fourth-order valence-corrected chi connectivity index (χ4v) is 1.73. The Kier molecular flexibility index (Phi) is 4.46. The number of thiol groups is 1. The zero-order chi connectivity index (χ0) is 9.68. The molecule has 0 nitrogen and oxygen atoms in total. The molecule has 1 aromatic rings. The van der Waals surface area contributed by atoms with Crippen molar-refractivity contribution >= 4 is 29.0 Å². The number of thiocarbonyl (C=S) groups is 1. The van der Waals surface area contributed by atoms with Gasteiger partial charge < -0.3 is 0 Å². The minimum absolute atomic E-state index is 0.701. The average Bonchev–Trinajstić information content (AvgIpc) is 2.15. The van der Waals surface area contributed by atoms with E-state index in [1.54, 1.807) is 0 Å². The molecular weight excluding hydrogens is 196 g/mol. The molecule has 0 fully saturated rings. The number of hydrogen-bond donors (Lipinski definition) is 1. The second-order valence-electron chi connectivity index (χ2n) is 3.07. The Morgan fingerprint density at radius 1 is 1.38 bits per heavy atom. The largest absolute Gasteiger partial charge is 0.131 e. The van der Waals surface area contributed by atoms with Crippen LogP contribution in [-0.2, 0) is 6.42 Å². The molecule has 0 N–H and O–H groups in total. The van der Waals surface area contributed by atoms with Crippen LogP contribution in [0.4, 0.5) is 0 Å². The first-order valence-corrected chi connectivity index (χ1v) is 5.42. The maximum absolute atomic E-state index is 5.06. The highest BCUT2D eigenvalue weighted by atomic mass is 32.1. The van der Waals surface area contributed by atoms with E-state index in [9.17, 15) is 0 Å². The summed E-state index contributed by atoms with van der Waals surface area (Å²) in [5.41, 5.74) is 2.44. The minimum Gasteiger partial charge on any atom is -0.131 e. The van der Waals surface area contributed by atoms with Crippen molar-refractivity contribution in [1.82, 2.24) is 0 Å². The van der Waals surface area contributed by atoms with E-state index < -0.39 is 0 Å². The van der Waals surface area contributed by atoms with Crippen LogP contribution in [0, 0.1) is 0 Å². The van der Waals surface area contributed by atoms with Gasteiger partial charge in [0.05, 0.1) is 4.20 Å². The van der Waals surface area contributed by atoms with Crippen molar-refractivity contribution in [3.63, 3.8) is 0 Å². The molecule has 0 aliphatic rings. The van der Waals surface area contributed by atoms with E-state index in [0.717, 1.165) is 12.0 Å². The maximum Gasteiger partial charge on any atom is 0.0750 e. The van der Waals surface area contributed by atoms with Crippen LogP contribution in [0.15, 0.2) is 24.3 Å². The van der Waals surface area contributed by atoms with Gasteiger partial charge in [0.25, 0.3) is 0 Å². The van der Waals surface area contributed by atoms with Crippen LogP contribution in [0.2, 0.25) is 0 Å². The Morgan fingerprint density at radius 3 is 2.69 bits per heavy atom. The molecule has 0 spiro atoms. The number of unbranched alkanes of at least 4 members (excludes halogenated alkanes) is 1. The molecule has 0 atom stereocenters. The zero-order valence-corrected chi connectivity index (χ0v) is 9.50. The molecule has 0 radical (unpaired) electrons. The predicted molar refractivity (Wildman–Crippen MR) is 65.7 cm³/mol. The number of benzene rings is 1. The summed E-state index contributed by atoms with van der Waals surface area (Å²) in [4.78, 5) is 0. The fourth-order valence-electron chi connectivity index (χ4n) is 1.31. The van der Waals surface area contributed by atoms with Crippen molar-refractivity contribution in [2.75, 3.05) is 0 Å². The third kappa shape index (κ3) is 3.12. The fraction of sp³-hybridized carbons (Fsp3) is 0.364. The Hall–Kier alpha value is -0.340. The average molecular weight is 210 g/mol.